The van der Waals surface area contributed by atoms with Crippen molar-refractivity contribution in [2.45, 2.75) is 19.4 Å². The molecule has 0 fully saturated rings. The van der Waals surface area contributed by atoms with E-state index in [2.05, 4.69) is 0 Å². The predicted octanol–water partition coefficient (Wildman–Crippen LogP) is 2.82. The van der Waals surface area contributed by atoms with Gasteiger partial charge in [0.2, 0.25) is 21.4 Å². The molecule has 1 aromatic rings. The molecule has 1 N–H and O–H groups in total. The highest BCUT2D eigenvalue weighted by Gasteiger charge is 2.51. The first kappa shape index (κ1) is 17.9. The van der Waals surface area contributed by atoms with Gasteiger partial charge in [0, 0.05) is 12.6 Å². The summed E-state index contributed by atoms with van der Waals surface area (Å²) in [5.41, 5.74) is -1.43. The number of hydrogen-bond donors (Lipinski definition) is 1. The fraction of sp³-hybridized carbons (Fsp3) is 0.357. The van der Waals surface area contributed by atoms with Gasteiger partial charge in [-0.1, -0.05) is 35.3 Å². The average Bonchev–Trinajstić information content (AvgIpc) is 2.74. The summed E-state index contributed by atoms with van der Waals surface area (Å²) in [4.78, 5) is 12.5. The van der Waals surface area contributed by atoms with Crippen LogP contribution in [-0.4, -0.2) is 36.4 Å². The molecule has 0 bridgehead atoms. The maximum absolute atomic E-state index is 12.5. The third-order valence-electron chi connectivity index (χ3n) is 3.69. The second kappa shape index (κ2) is 5.89. The number of aliphatic hydroxyl groups excluding tert-OH is 1. The highest BCUT2D eigenvalue weighted by Crippen LogP contribution is 2.43. The van der Waals surface area contributed by atoms with Crippen LogP contribution in [0.15, 0.2) is 29.8 Å². The van der Waals surface area contributed by atoms with Gasteiger partial charge in [0.15, 0.2) is 0 Å². The molecule has 9 heteroatoms. The van der Waals surface area contributed by atoms with Crippen molar-refractivity contribution in [3.05, 3.63) is 45.5 Å². The van der Waals surface area contributed by atoms with E-state index in [4.69, 9.17) is 27.9 Å². The van der Waals surface area contributed by atoms with Gasteiger partial charge in [-0.15, -0.1) is 0 Å². The van der Waals surface area contributed by atoms with Gasteiger partial charge in [-0.2, -0.15) is 0 Å². The number of Topliss-reactive ketones (excluding diaryl/α,β-unsaturated/α-hetero) is 1. The normalized spacial score (nSPS) is 21.5. The lowest BCUT2D eigenvalue weighted by molar-refractivity contribution is -0.132. The summed E-state index contributed by atoms with van der Waals surface area (Å²) in [6, 6.07) is 4.64. The Morgan fingerprint density at radius 2 is 1.96 bits per heavy atom. The Labute approximate surface area is 144 Å². The van der Waals surface area contributed by atoms with Crippen LogP contribution in [0.1, 0.15) is 19.4 Å². The lowest BCUT2D eigenvalue weighted by Gasteiger charge is -2.27. The van der Waals surface area contributed by atoms with Crippen molar-refractivity contribution in [1.29, 1.82) is 0 Å². The van der Waals surface area contributed by atoms with Crippen LogP contribution in [0.4, 0.5) is 0 Å². The molecular formula is C14H15Cl2NO5S. The number of halogens is 2. The Hall–Kier alpha value is -1.44. The first-order valence-electron chi connectivity index (χ1n) is 6.64. The zero-order valence-electron chi connectivity index (χ0n) is 12.6. The van der Waals surface area contributed by atoms with E-state index >= 15 is 0 Å². The van der Waals surface area contributed by atoms with E-state index in [0.29, 0.717) is 0 Å². The summed E-state index contributed by atoms with van der Waals surface area (Å²) >= 11 is 12.1. The van der Waals surface area contributed by atoms with Crippen LogP contribution in [0.3, 0.4) is 0 Å². The van der Waals surface area contributed by atoms with Gasteiger partial charge >= 0.3 is 0 Å². The lowest BCUT2D eigenvalue weighted by Crippen LogP contribution is -2.33. The molecule has 126 valence electrons. The van der Waals surface area contributed by atoms with Crippen LogP contribution in [0.25, 0.3) is 0 Å². The molecule has 0 aromatic heterocycles. The number of carbonyl (C=O) groups excluding carboxylic acids is 1. The number of nitrogens with zero attached hydrogens (tertiary/aromatic N) is 1. The Morgan fingerprint density at radius 3 is 2.52 bits per heavy atom. The molecule has 1 aliphatic rings. The van der Waals surface area contributed by atoms with Crippen LogP contribution in [0.2, 0.25) is 10.0 Å². The predicted molar refractivity (Wildman–Crippen MR) is 86.8 cm³/mol. The monoisotopic (exact) mass is 379 g/mol. The minimum absolute atomic E-state index is 0.0973. The van der Waals surface area contributed by atoms with Crippen LogP contribution in [-0.2, 0) is 25.2 Å². The number of hydrogen-bond acceptors (Lipinski definition) is 5. The van der Waals surface area contributed by atoms with Gasteiger partial charge in [0.1, 0.15) is 0 Å². The maximum Gasteiger partial charge on any atom is 0.251 e. The quantitative estimate of drug-likeness (QED) is 0.869. The van der Waals surface area contributed by atoms with Crippen molar-refractivity contribution in [3.8, 4) is 0 Å². The summed E-state index contributed by atoms with van der Waals surface area (Å²) in [6.07, 6.45) is 0. The molecule has 0 spiro atoms. The second-order valence-electron chi connectivity index (χ2n) is 5.09. The Kier molecular flexibility index (Phi) is 4.58. The molecule has 1 aliphatic heterocycles. The third kappa shape index (κ3) is 2.77. The van der Waals surface area contributed by atoms with Crippen LogP contribution < -0.4 is 0 Å². The Balaban J connectivity index is 2.52. The van der Waals surface area contributed by atoms with Crippen molar-refractivity contribution in [2.75, 3.05) is 12.8 Å². The SMILES string of the molecule is CCS(=O)(=O)N(C)C1=C(O)C(=O)C(C)(c2cccc(Cl)c2Cl)O1. The molecule has 0 radical (unpaired) electrons. The summed E-state index contributed by atoms with van der Waals surface area (Å²) in [5, 5.41) is 10.4. The largest absolute Gasteiger partial charge is 0.501 e. The minimum atomic E-state index is -3.71. The fourth-order valence-electron chi connectivity index (χ4n) is 2.19. The number of benzene rings is 1. The summed E-state index contributed by atoms with van der Waals surface area (Å²) in [5.74, 6) is -2.22. The molecule has 0 saturated heterocycles. The van der Waals surface area contributed by atoms with E-state index < -0.39 is 33.0 Å². The number of sulfonamides is 1. The molecular weight excluding hydrogens is 365 g/mol. The van der Waals surface area contributed by atoms with E-state index in [9.17, 15) is 18.3 Å². The Bertz CT molecular complexity index is 805. The van der Waals surface area contributed by atoms with Crippen LogP contribution >= 0.6 is 23.2 Å². The number of aliphatic hydroxyl groups is 1. The molecule has 1 aromatic carbocycles. The lowest BCUT2D eigenvalue weighted by atomic mass is 9.91. The van der Waals surface area contributed by atoms with Crippen molar-refractivity contribution in [1.82, 2.24) is 4.31 Å². The van der Waals surface area contributed by atoms with E-state index in [-0.39, 0.29) is 21.4 Å². The van der Waals surface area contributed by atoms with Gasteiger partial charge in [0.25, 0.3) is 11.7 Å². The average molecular weight is 380 g/mol. The molecule has 2 rings (SSSR count). The zero-order chi connectivity index (χ0) is 17.6. The van der Waals surface area contributed by atoms with Gasteiger partial charge in [-0.25, -0.2) is 12.7 Å². The van der Waals surface area contributed by atoms with E-state index in [1.54, 1.807) is 6.07 Å². The molecule has 0 amide bonds. The molecule has 1 atom stereocenters. The van der Waals surface area contributed by atoms with E-state index in [1.807, 2.05) is 0 Å². The highest BCUT2D eigenvalue weighted by atomic mass is 35.5. The standard InChI is InChI=1S/C14H15Cl2NO5S/c1-4-23(20,21)17(3)13-11(18)12(19)14(2,22-13)8-6-5-7-9(15)10(8)16/h5-7,18H,4H2,1-3H3. The highest BCUT2D eigenvalue weighted by molar-refractivity contribution is 7.89. The van der Waals surface area contributed by atoms with Crippen molar-refractivity contribution in [3.63, 3.8) is 0 Å². The molecule has 1 heterocycles. The van der Waals surface area contributed by atoms with E-state index in [0.717, 1.165) is 4.31 Å². The van der Waals surface area contributed by atoms with Crippen molar-refractivity contribution < 1.29 is 23.1 Å². The first-order valence-corrected chi connectivity index (χ1v) is 9.01. The number of carbonyl (C=O) groups is 1. The number of ketones is 1. The zero-order valence-corrected chi connectivity index (χ0v) is 15.0. The van der Waals surface area contributed by atoms with Crippen LogP contribution in [0.5, 0.6) is 0 Å². The third-order valence-corrected chi connectivity index (χ3v) is 6.23. The summed E-state index contributed by atoms with van der Waals surface area (Å²) in [6.45, 7) is 2.83. The number of rotatable bonds is 4. The summed E-state index contributed by atoms with van der Waals surface area (Å²) < 4.78 is 30.2. The first-order chi connectivity index (χ1) is 10.6. The van der Waals surface area contributed by atoms with Crippen molar-refractivity contribution >= 4 is 39.0 Å². The fourth-order valence-corrected chi connectivity index (χ4v) is 3.44. The maximum atomic E-state index is 12.5. The van der Waals surface area contributed by atoms with E-state index in [1.165, 1.54) is 33.0 Å². The van der Waals surface area contributed by atoms with Gasteiger partial charge in [0.05, 0.1) is 15.8 Å². The Morgan fingerprint density at radius 1 is 1.35 bits per heavy atom. The van der Waals surface area contributed by atoms with Crippen LogP contribution in [0, 0.1) is 0 Å². The molecule has 23 heavy (non-hydrogen) atoms. The minimum Gasteiger partial charge on any atom is -0.501 e. The smallest absolute Gasteiger partial charge is 0.251 e. The molecule has 1 unspecified atom stereocenters. The molecule has 6 nitrogen and oxygen atoms in total. The summed E-state index contributed by atoms with van der Waals surface area (Å²) in [7, 11) is -2.51. The topological polar surface area (TPSA) is 83.9 Å². The van der Waals surface area contributed by atoms with Gasteiger partial charge < -0.3 is 9.84 Å². The van der Waals surface area contributed by atoms with Gasteiger partial charge in [-0.3, -0.25) is 4.79 Å². The number of ether oxygens (including phenoxy) is 1. The molecule has 0 saturated carbocycles. The van der Waals surface area contributed by atoms with Gasteiger partial charge in [-0.05, 0) is 19.9 Å². The van der Waals surface area contributed by atoms with Crippen molar-refractivity contribution in [2.24, 2.45) is 0 Å². The molecule has 0 aliphatic carbocycles. The second-order valence-corrected chi connectivity index (χ2v) is 8.16.